The van der Waals surface area contributed by atoms with Crippen LogP contribution < -0.4 is 10.1 Å². The second-order valence-corrected chi connectivity index (χ2v) is 5.19. The largest absolute Gasteiger partial charge is 0.483 e. The van der Waals surface area contributed by atoms with Crippen molar-refractivity contribution in [3.8, 4) is 5.75 Å². The molecule has 7 heteroatoms. The molecule has 7 nitrogen and oxygen atoms in total. The monoisotopic (exact) mass is 294 g/mol. The fraction of sp³-hybridized carbons (Fsp3) is 0.500. The Kier molecular flexibility index (Phi) is 4.74. The van der Waals surface area contributed by atoms with Gasteiger partial charge < -0.3 is 15.2 Å². The molecule has 0 bridgehead atoms. The van der Waals surface area contributed by atoms with Crippen molar-refractivity contribution >= 4 is 11.6 Å². The quantitative estimate of drug-likeness (QED) is 0.587. The van der Waals surface area contributed by atoms with Gasteiger partial charge >= 0.3 is 0 Å². The van der Waals surface area contributed by atoms with Crippen molar-refractivity contribution in [2.75, 3.05) is 13.2 Å². The van der Waals surface area contributed by atoms with E-state index < -0.39 is 11.0 Å². The molecule has 0 unspecified atom stereocenters. The van der Waals surface area contributed by atoms with Gasteiger partial charge in [-0.2, -0.15) is 0 Å². The van der Waals surface area contributed by atoms with Gasteiger partial charge in [-0.25, -0.2) is 0 Å². The van der Waals surface area contributed by atoms with Crippen LogP contribution in [0.25, 0.3) is 0 Å². The normalized spacial score (nSPS) is 15.3. The van der Waals surface area contributed by atoms with Crippen molar-refractivity contribution in [1.29, 1.82) is 0 Å². The van der Waals surface area contributed by atoms with Crippen molar-refractivity contribution in [3.05, 3.63) is 33.9 Å². The number of aliphatic hydroxyl groups is 1. The standard InChI is InChI=1S/C14H18N2O5/c1-9(17)12-6-11(16(19)20)4-5-13(12)21-8-14(18)15-7-10-2-3-10/h4-6,9-10,17H,2-3,7-8H2,1H3,(H,15,18)/t9-/m0/s1. The molecule has 1 aliphatic carbocycles. The summed E-state index contributed by atoms with van der Waals surface area (Å²) in [7, 11) is 0. The maximum Gasteiger partial charge on any atom is 0.270 e. The lowest BCUT2D eigenvalue weighted by atomic mass is 10.1. The van der Waals surface area contributed by atoms with Gasteiger partial charge in [-0.3, -0.25) is 14.9 Å². The number of carbonyl (C=O) groups is 1. The Morgan fingerprint density at radius 1 is 1.57 bits per heavy atom. The van der Waals surface area contributed by atoms with Gasteiger partial charge in [-0.1, -0.05) is 0 Å². The van der Waals surface area contributed by atoms with Gasteiger partial charge in [0.1, 0.15) is 5.75 Å². The number of carbonyl (C=O) groups excluding carboxylic acids is 1. The Labute approximate surface area is 122 Å². The highest BCUT2D eigenvalue weighted by Crippen LogP contribution is 2.29. The summed E-state index contributed by atoms with van der Waals surface area (Å²) in [5.74, 6) is 0.621. The van der Waals surface area contributed by atoms with Crippen LogP contribution in [0.3, 0.4) is 0 Å². The lowest BCUT2D eigenvalue weighted by molar-refractivity contribution is -0.385. The lowest BCUT2D eigenvalue weighted by Gasteiger charge is -2.13. The molecule has 1 amide bonds. The highest BCUT2D eigenvalue weighted by molar-refractivity contribution is 5.77. The van der Waals surface area contributed by atoms with E-state index in [1.54, 1.807) is 0 Å². The highest BCUT2D eigenvalue weighted by atomic mass is 16.6. The summed E-state index contributed by atoms with van der Waals surface area (Å²) >= 11 is 0. The second-order valence-electron chi connectivity index (χ2n) is 5.19. The Balaban J connectivity index is 1.97. The van der Waals surface area contributed by atoms with Gasteiger partial charge in [-0.05, 0) is 31.7 Å². The van der Waals surface area contributed by atoms with Gasteiger partial charge in [0, 0.05) is 24.2 Å². The molecule has 1 aliphatic rings. The Hall–Kier alpha value is -2.15. The molecule has 1 saturated carbocycles. The van der Waals surface area contributed by atoms with Gasteiger partial charge in [0.25, 0.3) is 11.6 Å². The topological polar surface area (TPSA) is 102 Å². The van der Waals surface area contributed by atoms with Crippen LogP contribution in [0, 0.1) is 16.0 Å². The van der Waals surface area contributed by atoms with Crippen LogP contribution in [0.4, 0.5) is 5.69 Å². The molecule has 1 aromatic carbocycles. The van der Waals surface area contributed by atoms with E-state index in [9.17, 15) is 20.0 Å². The number of nitrogens with zero attached hydrogens (tertiary/aromatic N) is 1. The summed E-state index contributed by atoms with van der Waals surface area (Å²) in [6.07, 6.45) is 1.38. The zero-order chi connectivity index (χ0) is 15.4. The molecule has 1 fully saturated rings. The zero-order valence-corrected chi connectivity index (χ0v) is 11.7. The number of amides is 1. The van der Waals surface area contributed by atoms with Crippen LogP contribution in [0.15, 0.2) is 18.2 Å². The Morgan fingerprint density at radius 2 is 2.29 bits per heavy atom. The van der Waals surface area contributed by atoms with E-state index >= 15 is 0 Å². The van der Waals surface area contributed by atoms with Gasteiger partial charge in [0.05, 0.1) is 11.0 Å². The third-order valence-corrected chi connectivity index (χ3v) is 3.30. The average molecular weight is 294 g/mol. The summed E-state index contributed by atoms with van der Waals surface area (Å²) in [5, 5.41) is 23.1. The van der Waals surface area contributed by atoms with Crippen LogP contribution in [-0.2, 0) is 4.79 Å². The van der Waals surface area contributed by atoms with Crippen LogP contribution in [0.1, 0.15) is 31.4 Å². The number of ether oxygens (including phenoxy) is 1. The summed E-state index contributed by atoms with van der Waals surface area (Å²) in [5.41, 5.74) is 0.163. The van der Waals surface area contributed by atoms with E-state index in [4.69, 9.17) is 4.74 Å². The third-order valence-electron chi connectivity index (χ3n) is 3.30. The molecule has 0 radical (unpaired) electrons. The summed E-state index contributed by atoms with van der Waals surface area (Å²) in [6.45, 7) is 1.97. The molecule has 1 aromatic rings. The number of nitro benzene ring substituents is 1. The molecule has 114 valence electrons. The summed E-state index contributed by atoms with van der Waals surface area (Å²) in [4.78, 5) is 21.8. The van der Waals surface area contributed by atoms with Gasteiger partial charge in [0.15, 0.2) is 6.61 Å². The number of non-ortho nitro benzene ring substituents is 1. The fourth-order valence-electron chi connectivity index (χ4n) is 1.88. The van der Waals surface area contributed by atoms with Gasteiger partial charge in [0.2, 0.25) is 0 Å². The zero-order valence-electron chi connectivity index (χ0n) is 11.7. The maximum atomic E-state index is 11.6. The molecule has 0 spiro atoms. The maximum absolute atomic E-state index is 11.6. The number of hydrogen-bond donors (Lipinski definition) is 2. The van der Waals surface area contributed by atoms with E-state index in [0.717, 1.165) is 12.8 Å². The summed E-state index contributed by atoms with van der Waals surface area (Å²) < 4.78 is 5.35. The lowest BCUT2D eigenvalue weighted by Crippen LogP contribution is -2.30. The van der Waals surface area contributed by atoms with Crippen molar-refractivity contribution in [2.45, 2.75) is 25.9 Å². The molecule has 0 saturated heterocycles. The van der Waals surface area contributed by atoms with Gasteiger partial charge in [-0.15, -0.1) is 0 Å². The number of hydrogen-bond acceptors (Lipinski definition) is 5. The number of nitrogens with one attached hydrogen (secondary N) is 1. The van der Waals surface area contributed by atoms with Crippen LogP contribution in [0.2, 0.25) is 0 Å². The average Bonchev–Trinajstić information content (AvgIpc) is 3.26. The van der Waals surface area contributed by atoms with Crippen LogP contribution in [0.5, 0.6) is 5.75 Å². The Morgan fingerprint density at radius 3 is 2.86 bits per heavy atom. The predicted octanol–water partition coefficient (Wildman–Crippen LogP) is 1.55. The van der Waals surface area contributed by atoms with E-state index in [-0.39, 0.29) is 24.0 Å². The van der Waals surface area contributed by atoms with E-state index in [1.807, 2.05) is 0 Å². The summed E-state index contributed by atoms with van der Waals surface area (Å²) in [6, 6.07) is 3.93. The second kappa shape index (κ2) is 6.53. The first-order valence-corrected chi connectivity index (χ1v) is 6.83. The first-order chi connectivity index (χ1) is 9.97. The first kappa shape index (κ1) is 15.2. The minimum atomic E-state index is -0.922. The molecule has 0 aliphatic heterocycles. The highest BCUT2D eigenvalue weighted by Gasteiger charge is 2.22. The molecule has 2 N–H and O–H groups in total. The number of aliphatic hydroxyl groups excluding tert-OH is 1. The SMILES string of the molecule is C[C@H](O)c1cc([N+](=O)[O-])ccc1OCC(=O)NCC1CC1. The molecular weight excluding hydrogens is 276 g/mol. The molecule has 1 atom stereocenters. The number of benzene rings is 1. The minimum absolute atomic E-state index is 0.128. The van der Waals surface area contributed by atoms with Crippen LogP contribution >= 0.6 is 0 Å². The smallest absolute Gasteiger partial charge is 0.270 e. The fourth-order valence-corrected chi connectivity index (χ4v) is 1.88. The molecule has 2 rings (SSSR count). The Bertz CT molecular complexity index is 540. The van der Waals surface area contributed by atoms with E-state index in [2.05, 4.69) is 5.32 Å². The minimum Gasteiger partial charge on any atom is -0.483 e. The van der Waals surface area contributed by atoms with Crippen molar-refractivity contribution in [1.82, 2.24) is 5.32 Å². The number of rotatable bonds is 7. The van der Waals surface area contributed by atoms with Crippen LogP contribution in [-0.4, -0.2) is 29.1 Å². The molecule has 21 heavy (non-hydrogen) atoms. The van der Waals surface area contributed by atoms with Crippen molar-refractivity contribution < 1.29 is 19.6 Å². The number of nitro groups is 1. The van der Waals surface area contributed by atoms with Crippen molar-refractivity contribution in [3.63, 3.8) is 0 Å². The molecular formula is C14H18N2O5. The third kappa shape index (κ3) is 4.42. The molecule has 0 aromatic heterocycles. The van der Waals surface area contributed by atoms with E-state index in [1.165, 1.54) is 25.1 Å². The van der Waals surface area contributed by atoms with E-state index in [0.29, 0.717) is 18.0 Å². The van der Waals surface area contributed by atoms with Crippen molar-refractivity contribution in [2.24, 2.45) is 5.92 Å². The predicted molar refractivity (Wildman–Crippen MR) is 75.0 cm³/mol. The first-order valence-electron chi connectivity index (χ1n) is 6.83. The molecule has 0 heterocycles.